The Morgan fingerprint density at radius 1 is 1.47 bits per heavy atom. The molecule has 0 aliphatic heterocycles. The molecule has 2 rings (SSSR count). The predicted octanol–water partition coefficient (Wildman–Crippen LogP) is 1.75. The highest BCUT2D eigenvalue weighted by molar-refractivity contribution is 5.31. The van der Waals surface area contributed by atoms with Gasteiger partial charge in [0.05, 0.1) is 13.2 Å². The minimum absolute atomic E-state index is 0.104. The molecule has 17 heavy (non-hydrogen) atoms. The van der Waals surface area contributed by atoms with E-state index < -0.39 is 0 Å². The zero-order valence-electron chi connectivity index (χ0n) is 10.1. The topological polar surface area (TPSA) is 53.1 Å². The van der Waals surface area contributed by atoms with Crippen molar-refractivity contribution in [1.82, 2.24) is 9.55 Å². The number of methoxy groups -OCH3 is 1. The summed E-state index contributed by atoms with van der Waals surface area (Å²) < 4.78 is 7.31. The van der Waals surface area contributed by atoms with Crippen LogP contribution in [-0.2, 0) is 0 Å². The van der Waals surface area contributed by atoms with E-state index in [1.54, 1.807) is 13.3 Å². The summed E-state index contributed by atoms with van der Waals surface area (Å²) in [5.74, 6) is 1.81. The van der Waals surface area contributed by atoms with Crippen LogP contribution in [0.15, 0.2) is 36.7 Å². The highest BCUT2D eigenvalue weighted by atomic mass is 16.5. The van der Waals surface area contributed by atoms with Crippen LogP contribution in [0.4, 0.5) is 0 Å². The number of hydrogen-bond acceptors (Lipinski definition) is 3. The minimum Gasteiger partial charge on any atom is -0.497 e. The number of aromatic nitrogens is 2. The SMILES string of the molecule is COc1cccc(C(CN)n2ccnc2C)c1. The van der Waals surface area contributed by atoms with Crippen LogP contribution in [0.25, 0.3) is 0 Å². The quantitative estimate of drug-likeness (QED) is 0.872. The Kier molecular flexibility index (Phi) is 3.44. The summed E-state index contributed by atoms with van der Waals surface area (Å²) in [7, 11) is 1.67. The third-order valence-electron chi connectivity index (χ3n) is 2.90. The maximum atomic E-state index is 5.87. The van der Waals surface area contributed by atoms with Crippen LogP contribution in [0.2, 0.25) is 0 Å². The van der Waals surface area contributed by atoms with E-state index in [1.807, 2.05) is 31.3 Å². The number of rotatable bonds is 4. The molecule has 4 heteroatoms. The zero-order chi connectivity index (χ0) is 12.3. The van der Waals surface area contributed by atoms with Gasteiger partial charge in [-0.15, -0.1) is 0 Å². The van der Waals surface area contributed by atoms with E-state index in [9.17, 15) is 0 Å². The Hall–Kier alpha value is -1.81. The Morgan fingerprint density at radius 2 is 2.29 bits per heavy atom. The third-order valence-corrected chi connectivity index (χ3v) is 2.90. The van der Waals surface area contributed by atoms with E-state index in [0.717, 1.165) is 17.1 Å². The molecule has 0 aliphatic carbocycles. The Morgan fingerprint density at radius 3 is 2.88 bits per heavy atom. The van der Waals surface area contributed by atoms with Crippen LogP contribution in [0.5, 0.6) is 5.75 Å². The first-order valence-electron chi connectivity index (χ1n) is 5.59. The lowest BCUT2D eigenvalue weighted by Crippen LogP contribution is -2.20. The lowest BCUT2D eigenvalue weighted by molar-refractivity contribution is 0.413. The molecule has 4 nitrogen and oxygen atoms in total. The van der Waals surface area contributed by atoms with Gasteiger partial charge in [-0.1, -0.05) is 12.1 Å². The van der Waals surface area contributed by atoms with Gasteiger partial charge in [0.2, 0.25) is 0 Å². The lowest BCUT2D eigenvalue weighted by Gasteiger charge is -2.19. The van der Waals surface area contributed by atoms with Crippen molar-refractivity contribution in [2.75, 3.05) is 13.7 Å². The van der Waals surface area contributed by atoms with Crippen LogP contribution in [-0.4, -0.2) is 23.2 Å². The van der Waals surface area contributed by atoms with Gasteiger partial charge in [-0.05, 0) is 24.6 Å². The smallest absolute Gasteiger partial charge is 0.119 e. The highest BCUT2D eigenvalue weighted by Gasteiger charge is 2.13. The summed E-state index contributed by atoms with van der Waals surface area (Å²) >= 11 is 0. The van der Waals surface area contributed by atoms with Crippen LogP contribution in [0.1, 0.15) is 17.4 Å². The molecule has 1 atom stereocenters. The fourth-order valence-electron chi connectivity index (χ4n) is 1.98. The normalized spacial score (nSPS) is 12.4. The molecule has 1 heterocycles. The monoisotopic (exact) mass is 231 g/mol. The van der Waals surface area contributed by atoms with Gasteiger partial charge in [0.15, 0.2) is 0 Å². The maximum Gasteiger partial charge on any atom is 0.119 e. The maximum absolute atomic E-state index is 5.87. The van der Waals surface area contributed by atoms with E-state index in [2.05, 4.69) is 15.6 Å². The number of imidazole rings is 1. The van der Waals surface area contributed by atoms with Gasteiger partial charge in [-0.25, -0.2) is 4.98 Å². The average Bonchev–Trinajstić information content (AvgIpc) is 2.77. The van der Waals surface area contributed by atoms with E-state index in [4.69, 9.17) is 10.5 Å². The number of nitrogens with two attached hydrogens (primary N) is 1. The second-order valence-corrected chi connectivity index (χ2v) is 3.91. The summed E-state index contributed by atoms with van der Waals surface area (Å²) in [5, 5.41) is 0. The van der Waals surface area contributed by atoms with Crippen LogP contribution >= 0.6 is 0 Å². The number of benzene rings is 1. The van der Waals surface area contributed by atoms with Crippen LogP contribution in [0, 0.1) is 6.92 Å². The van der Waals surface area contributed by atoms with Gasteiger partial charge in [-0.3, -0.25) is 0 Å². The van der Waals surface area contributed by atoms with Crippen molar-refractivity contribution in [3.63, 3.8) is 0 Å². The molecule has 90 valence electrons. The zero-order valence-corrected chi connectivity index (χ0v) is 10.1. The van der Waals surface area contributed by atoms with E-state index >= 15 is 0 Å². The first-order valence-corrected chi connectivity index (χ1v) is 5.59. The first-order chi connectivity index (χ1) is 8.26. The molecule has 1 aromatic carbocycles. The summed E-state index contributed by atoms with van der Waals surface area (Å²) in [6.45, 7) is 2.51. The molecule has 0 bridgehead atoms. The first kappa shape index (κ1) is 11.7. The molecule has 0 amide bonds. The Balaban J connectivity index is 2.38. The van der Waals surface area contributed by atoms with Crippen molar-refractivity contribution >= 4 is 0 Å². The number of aryl methyl sites for hydroxylation is 1. The second-order valence-electron chi connectivity index (χ2n) is 3.91. The van der Waals surface area contributed by atoms with Crippen molar-refractivity contribution in [3.05, 3.63) is 48.0 Å². The molecule has 0 radical (unpaired) electrons. The Bertz CT molecular complexity index is 493. The van der Waals surface area contributed by atoms with Crippen molar-refractivity contribution in [2.24, 2.45) is 5.73 Å². The van der Waals surface area contributed by atoms with Gasteiger partial charge >= 0.3 is 0 Å². The second kappa shape index (κ2) is 5.01. The standard InChI is InChI=1S/C13H17N3O/c1-10-15-6-7-16(10)13(9-14)11-4-3-5-12(8-11)17-2/h3-8,13H,9,14H2,1-2H3. The molecule has 1 aromatic heterocycles. The fourth-order valence-corrected chi connectivity index (χ4v) is 1.98. The summed E-state index contributed by atoms with van der Waals surface area (Å²) in [6, 6.07) is 8.07. The molecule has 1 unspecified atom stereocenters. The van der Waals surface area contributed by atoms with Crippen LogP contribution in [0.3, 0.4) is 0 Å². The molecule has 0 aliphatic rings. The summed E-state index contributed by atoms with van der Waals surface area (Å²) in [5.41, 5.74) is 7.00. The molecule has 0 spiro atoms. The molecule has 0 saturated heterocycles. The largest absolute Gasteiger partial charge is 0.497 e. The Labute approximate surface area is 101 Å². The molecular weight excluding hydrogens is 214 g/mol. The average molecular weight is 231 g/mol. The van der Waals surface area contributed by atoms with Crippen molar-refractivity contribution in [2.45, 2.75) is 13.0 Å². The molecule has 0 saturated carbocycles. The van der Waals surface area contributed by atoms with E-state index in [1.165, 1.54) is 0 Å². The number of hydrogen-bond donors (Lipinski definition) is 1. The molecule has 2 aromatic rings. The van der Waals surface area contributed by atoms with Gasteiger partial charge in [0.1, 0.15) is 11.6 Å². The molecule has 2 N–H and O–H groups in total. The summed E-state index contributed by atoms with van der Waals surface area (Å²) in [4.78, 5) is 4.23. The fraction of sp³-hybridized carbons (Fsp3) is 0.308. The lowest BCUT2D eigenvalue weighted by atomic mass is 10.1. The molecular formula is C13H17N3O. The number of nitrogens with zero attached hydrogens (tertiary/aromatic N) is 2. The highest BCUT2D eigenvalue weighted by Crippen LogP contribution is 2.22. The van der Waals surface area contributed by atoms with Crippen molar-refractivity contribution in [1.29, 1.82) is 0 Å². The number of ether oxygens (including phenoxy) is 1. The molecule has 0 fully saturated rings. The summed E-state index contributed by atoms with van der Waals surface area (Å²) in [6.07, 6.45) is 3.74. The third kappa shape index (κ3) is 2.31. The van der Waals surface area contributed by atoms with Gasteiger partial charge in [0.25, 0.3) is 0 Å². The van der Waals surface area contributed by atoms with Gasteiger partial charge in [0, 0.05) is 18.9 Å². The van der Waals surface area contributed by atoms with Gasteiger partial charge in [-0.2, -0.15) is 0 Å². The predicted molar refractivity (Wildman–Crippen MR) is 67.2 cm³/mol. The van der Waals surface area contributed by atoms with E-state index in [0.29, 0.717) is 6.54 Å². The van der Waals surface area contributed by atoms with Gasteiger partial charge < -0.3 is 15.0 Å². The van der Waals surface area contributed by atoms with Crippen molar-refractivity contribution < 1.29 is 4.74 Å². The van der Waals surface area contributed by atoms with Crippen molar-refractivity contribution in [3.8, 4) is 5.75 Å². The van der Waals surface area contributed by atoms with Crippen LogP contribution < -0.4 is 10.5 Å². The van der Waals surface area contributed by atoms with E-state index in [-0.39, 0.29) is 6.04 Å². The minimum atomic E-state index is 0.104.